The lowest BCUT2D eigenvalue weighted by molar-refractivity contribution is -0.159. The zero-order valence-electron chi connectivity index (χ0n) is 26.1. The summed E-state index contributed by atoms with van der Waals surface area (Å²) in [7, 11) is 0. The van der Waals surface area contributed by atoms with Crippen LogP contribution in [-0.4, -0.2) is 94.2 Å². The summed E-state index contributed by atoms with van der Waals surface area (Å²) in [5.74, 6) is -2.98. The van der Waals surface area contributed by atoms with E-state index in [0.717, 1.165) is 0 Å². The molecule has 0 aromatic heterocycles. The van der Waals surface area contributed by atoms with Crippen LogP contribution in [0.4, 0.5) is 0 Å². The van der Waals surface area contributed by atoms with Gasteiger partial charge in [-0.25, -0.2) is 0 Å². The predicted molar refractivity (Wildman–Crippen MR) is 157 cm³/mol. The van der Waals surface area contributed by atoms with Crippen molar-refractivity contribution in [3.8, 4) is 0 Å². The van der Waals surface area contributed by atoms with Crippen molar-refractivity contribution in [2.75, 3.05) is 26.2 Å². The number of rotatable bonds is 7. The third-order valence-electron chi connectivity index (χ3n) is 8.79. The van der Waals surface area contributed by atoms with Crippen molar-refractivity contribution in [3.63, 3.8) is 0 Å². The summed E-state index contributed by atoms with van der Waals surface area (Å²) in [6, 6.07) is -0.938. The minimum Gasteiger partial charge on any atom is -0.460 e. The van der Waals surface area contributed by atoms with Crippen molar-refractivity contribution in [1.82, 2.24) is 15.1 Å². The number of hydrogen-bond acceptors (Lipinski definition) is 7. The first-order valence-electron chi connectivity index (χ1n) is 15.4. The first kappa shape index (κ1) is 32.2. The number of unbranched alkanes of at least 4 members (excludes halogenated alkanes) is 2. The van der Waals surface area contributed by atoms with Crippen molar-refractivity contribution in [2.45, 2.75) is 109 Å². The third kappa shape index (κ3) is 6.44. The summed E-state index contributed by atoms with van der Waals surface area (Å²) >= 11 is 0. The number of hydrogen-bond donors (Lipinski definition) is 2. The van der Waals surface area contributed by atoms with Gasteiger partial charge in [0.1, 0.15) is 23.7 Å². The lowest BCUT2D eigenvalue weighted by Gasteiger charge is -2.45. The van der Waals surface area contributed by atoms with Crippen LogP contribution in [-0.2, 0) is 28.7 Å². The van der Waals surface area contributed by atoms with Crippen molar-refractivity contribution >= 4 is 23.7 Å². The van der Waals surface area contributed by atoms with Gasteiger partial charge in [0.05, 0.1) is 18.6 Å². The maximum absolute atomic E-state index is 14.8. The highest BCUT2D eigenvalue weighted by Crippen LogP contribution is 2.56. The van der Waals surface area contributed by atoms with Crippen LogP contribution < -0.4 is 5.32 Å². The molecule has 10 heteroatoms. The molecule has 4 rings (SSSR count). The van der Waals surface area contributed by atoms with Gasteiger partial charge >= 0.3 is 5.97 Å². The Morgan fingerprint density at radius 1 is 1.05 bits per heavy atom. The molecule has 4 heterocycles. The molecule has 3 amide bonds. The standard InChI is InChI=1S/C32H49N3O7/c1-21-19-33-23(37)13-9-7-11-17-35(31(5,6)20-30(2,3)4)28(39)26-32-15-14-22(42-32)24(29(40)41-21)25(32)27(38)34(26)16-10-8-12-18-36/h7,11,14-15,21-22,24-26,36H,8-10,12-13,16-20H2,1-6H3,(H,33,37)/b11-7-/t21-,22+,24-,25-,26+,32-/m1/s1. The normalized spacial score (nSPS) is 33.2. The number of carbonyl (C=O) groups is 4. The summed E-state index contributed by atoms with van der Waals surface area (Å²) in [6.45, 7) is 13.1. The van der Waals surface area contributed by atoms with E-state index in [1.807, 2.05) is 37.0 Å². The molecule has 0 unspecified atom stereocenters. The number of aliphatic hydroxyl groups excluding tert-OH is 1. The number of likely N-dealkylation sites (tertiary alicyclic amines) is 1. The summed E-state index contributed by atoms with van der Waals surface area (Å²) in [5, 5.41) is 12.1. The molecule has 0 aromatic carbocycles. The van der Waals surface area contributed by atoms with Gasteiger partial charge in [-0.05, 0) is 58.3 Å². The van der Waals surface area contributed by atoms with E-state index in [-0.39, 0.29) is 42.7 Å². The number of nitrogens with zero attached hydrogens (tertiary/aromatic N) is 2. The first-order chi connectivity index (χ1) is 19.7. The smallest absolute Gasteiger partial charge is 0.313 e. The second-order valence-corrected chi connectivity index (χ2v) is 14.1. The maximum Gasteiger partial charge on any atom is 0.313 e. The lowest BCUT2D eigenvalue weighted by atomic mass is 9.74. The molecule has 0 radical (unpaired) electrons. The fourth-order valence-electron chi connectivity index (χ4n) is 7.38. The van der Waals surface area contributed by atoms with Crippen LogP contribution in [0.2, 0.25) is 0 Å². The van der Waals surface area contributed by atoms with Crippen LogP contribution in [0.25, 0.3) is 0 Å². The number of esters is 1. The zero-order chi connectivity index (χ0) is 30.9. The molecule has 6 atom stereocenters. The van der Waals surface area contributed by atoms with Crippen LogP contribution in [0, 0.1) is 17.3 Å². The number of amides is 3. The molecule has 0 aromatic rings. The molecule has 4 aliphatic rings. The topological polar surface area (TPSA) is 125 Å². The van der Waals surface area contributed by atoms with Gasteiger partial charge in [0, 0.05) is 31.7 Å². The van der Waals surface area contributed by atoms with Gasteiger partial charge in [0.2, 0.25) is 17.7 Å². The summed E-state index contributed by atoms with van der Waals surface area (Å²) in [5.41, 5.74) is -1.93. The van der Waals surface area contributed by atoms with Crippen molar-refractivity contribution in [3.05, 3.63) is 24.3 Å². The highest BCUT2D eigenvalue weighted by Gasteiger charge is 2.73. The second kappa shape index (κ2) is 12.5. The molecule has 2 saturated heterocycles. The molecule has 0 aliphatic carbocycles. The summed E-state index contributed by atoms with van der Waals surface area (Å²) in [6.07, 6.45) is 9.59. The Bertz CT molecular complexity index is 1110. The number of allylic oxidation sites excluding steroid dienone is 1. The summed E-state index contributed by atoms with van der Waals surface area (Å²) < 4.78 is 12.2. The average molecular weight is 588 g/mol. The van der Waals surface area contributed by atoms with E-state index in [0.29, 0.717) is 45.2 Å². The van der Waals surface area contributed by atoms with E-state index in [4.69, 9.17) is 9.47 Å². The second-order valence-electron chi connectivity index (χ2n) is 14.1. The van der Waals surface area contributed by atoms with E-state index < -0.39 is 47.2 Å². The molecule has 1 spiro atoms. The molecule has 4 aliphatic heterocycles. The van der Waals surface area contributed by atoms with Gasteiger partial charge in [-0.1, -0.05) is 45.1 Å². The van der Waals surface area contributed by atoms with E-state index in [1.54, 1.807) is 17.9 Å². The van der Waals surface area contributed by atoms with Gasteiger partial charge in [-0.2, -0.15) is 0 Å². The fraction of sp³-hybridized carbons (Fsp3) is 0.750. The zero-order valence-corrected chi connectivity index (χ0v) is 26.1. The van der Waals surface area contributed by atoms with Gasteiger partial charge in [0.25, 0.3) is 0 Å². The molecule has 2 fully saturated rings. The highest BCUT2D eigenvalue weighted by atomic mass is 16.6. The van der Waals surface area contributed by atoms with Gasteiger partial charge in [-0.15, -0.1) is 0 Å². The molecule has 234 valence electrons. The van der Waals surface area contributed by atoms with E-state index in [1.165, 1.54) is 0 Å². The SMILES string of the molecule is C[C@@H]1CNC(=O)CC/C=C\CN(C(C)(C)CC(C)(C)C)C(=O)[C@@H]2N(CCCCCO)C(=O)[C@H]3[C@H](C(=O)O1)[C@@H]1C=C[C@]23O1. The Kier molecular flexibility index (Phi) is 9.57. The Hall–Kier alpha value is -2.72. The molecular weight excluding hydrogens is 538 g/mol. The number of carbonyl (C=O) groups excluding carboxylic acids is 4. The minimum absolute atomic E-state index is 0.0596. The van der Waals surface area contributed by atoms with E-state index in [2.05, 4.69) is 26.1 Å². The number of nitrogens with one attached hydrogen (secondary N) is 1. The molecule has 10 nitrogen and oxygen atoms in total. The van der Waals surface area contributed by atoms with Crippen molar-refractivity contribution < 1.29 is 33.8 Å². The van der Waals surface area contributed by atoms with Crippen LogP contribution in [0.5, 0.6) is 0 Å². The Morgan fingerprint density at radius 2 is 1.79 bits per heavy atom. The summed E-state index contributed by atoms with van der Waals surface area (Å²) in [4.78, 5) is 58.4. The van der Waals surface area contributed by atoms with Gasteiger partial charge < -0.3 is 29.7 Å². The largest absolute Gasteiger partial charge is 0.460 e. The maximum atomic E-state index is 14.8. The fourth-order valence-corrected chi connectivity index (χ4v) is 7.38. The number of ether oxygens (including phenoxy) is 2. The predicted octanol–water partition coefficient (Wildman–Crippen LogP) is 2.74. The van der Waals surface area contributed by atoms with Crippen molar-refractivity contribution in [1.29, 1.82) is 0 Å². The van der Waals surface area contributed by atoms with E-state index >= 15 is 0 Å². The Labute approximate surface area is 249 Å². The molecule has 5 bridgehead atoms. The average Bonchev–Trinajstić information content (AvgIpc) is 3.52. The number of cyclic esters (lactones) is 1. The monoisotopic (exact) mass is 587 g/mol. The van der Waals surface area contributed by atoms with E-state index in [9.17, 15) is 24.3 Å². The lowest BCUT2D eigenvalue weighted by Crippen LogP contribution is -2.60. The third-order valence-corrected chi connectivity index (χ3v) is 8.79. The van der Waals surface area contributed by atoms with Gasteiger partial charge in [0.15, 0.2) is 0 Å². The van der Waals surface area contributed by atoms with Crippen LogP contribution >= 0.6 is 0 Å². The van der Waals surface area contributed by atoms with Crippen LogP contribution in [0.3, 0.4) is 0 Å². The molecule has 0 saturated carbocycles. The number of aliphatic hydroxyl groups is 1. The minimum atomic E-state index is -1.27. The molecule has 2 N–H and O–H groups in total. The Morgan fingerprint density at radius 3 is 2.48 bits per heavy atom. The van der Waals surface area contributed by atoms with Crippen LogP contribution in [0.1, 0.15) is 80.1 Å². The first-order valence-corrected chi connectivity index (χ1v) is 15.4. The molecular formula is C32H49N3O7. The van der Waals surface area contributed by atoms with Gasteiger partial charge in [-0.3, -0.25) is 19.2 Å². The quantitative estimate of drug-likeness (QED) is 0.267. The molecule has 42 heavy (non-hydrogen) atoms. The Balaban J connectivity index is 1.78. The van der Waals surface area contributed by atoms with Crippen molar-refractivity contribution in [2.24, 2.45) is 17.3 Å². The highest BCUT2D eigenvalue weighted by molar-refractivity contribution is 5.99. The number of fused-ring (bicyclic) bond motifs is 2. The van der Waals surface area contributed by atoms with Crippen LogP contribution in [0.15, 0.2) is 24.3 Å².